The van der Waals surface area contributed by atoms with E-state index in [-0.39, 0.29) is 11.3 Å². The fourth-order valence-corrected chi connectivity index (χ4v) is 2.53. The summed E-state index contributed by atoms with van der Waals surface area (Å²) in [6, 6.07) is 6.95. The number of oxime groups is 1. The van der Waals surface area contributed by atoms with E-state index in [4.69, 9.17) is 14.3 Å². The van der Waals surface area contributed by atoms with Crippen molar-refractivity contribution in [3.8, 4) is 0 Å². The monoisotopic (exact) mass is 383 g/mol. The van der Waals surface area contributed by atoms with Gasteiger partial charge in [-0.1, -0.05) is 29.4 Å². The minimum Gasteiger partial charge on any atom is -0.503 e. The molecule has 0 bridgehead atoms. The molecular weight excluding hydrogens is 362 g/mol. The van der Waals surface area contributed by atoms with Crippen LogP contribution >= 0.6 is 0 Å². The fourth-order valence-electron chi connectivity index (χ4n) is 2.53. The molecule has 0 N–H and O–H groups in total. The van der Waals surface area contributed by atoms with E-state index < -0.39 is 11.9 Å². The first-order valence-corrected chi connectivity index (χ1v) is 8.36. The molecule has 0 saturated carbocycles. The Hall–Kier alpha value is -3.55. The first-order valence-electron chi connectivity index (χ1n) is 8.36. The Morgan fingerprint density at radius 2 is 1.79 bits per heavy atom. The summed E-state index contributed by atoms with van der Waals surface area (Å²) in [5, 5.41) is 3.99. The molecule has 1 aromatic carbocycles. The second-order valence-corrected chi connectivity index (χ2v) is 5.77. The predicted molar refractivity (Wildman–Crippen MR) is 102 cm³/mol. The number of hydrogen-bond acceptors (Lipinski definition) is 8. The molecule has 0 atom stereocenters. The summed E-state index contributed by atoms with van der Waals surface area (Å²) in [5.74, 6) is -1.18. The molecule has 0 spiro atoms. The number of carbonyl (C=O) groups excluding carboxylic acids is 2. The van der Waals surface area contributed by atoms with Crippen LogP contribution in [0, 0.1) is 13.8 Å². The Morgan fingerprint density at radius 1 is 1.11 bits per heavy atom. The fraction of sp³-hybridized carbons (Fsp3) is 0.250. The zero-order chi connectivity index (χ0) is 20.7. The van der Waals surface area contributed by atoms with Crippen LogP contribution in [0.25, 0.3) is 5.57 Å². The normalized spacial score (nSPS) is 11.8. The first-order chi connectivity index (χ1) is 13.4. The number of ether oxygens (including phenoxy) is 2. The molecule has 0 aliphatic rings. The Kier molecular flexibility index (Phi) is 6.97. The molecular formula is C20H21N3O5. The van der Waals surface area contributed by atoms with Gasteiger partial charge in [0.05, 0.1) is 31.9 Å². The Balaban J connectivity index is 2.75. The maximum atomic E-state index is 12.3. The van der Waals surface area contributed by atoms with Crippen LogP contribution in [0.2, 0.25) is 0 Å². The van der Waals surface area contributed by atoms with Crippen molar-refractivity contribution in [3.05, 3.63) is 64.9 Å². The van der Waals surface area contributed by atoms with Crippen LogP contribution in [-0.4, -0.2) is 41.8 Å². The number of methoxy groups -OCH3 is 2. The van der Waals surface area contributed by atoms with E-state index in [1.165, 1.54) is 27.4 Å². The molecule has 0 radical (unpaired) electrons. The third kappa shape index (κ3) is 4.79. The van der Waals surface area contributed by atoms with Gasteiger partial charge in [-0.25, -0.2) is 9.59 Å². The minimum atomic E-state index is -0.590. The number of rotatable bonds is 6. The quantitative estimate of drug-likeness (QED) is 0.189. The molecule has 0 unspecified atom stereocenters. The van der Waals surface area contributed by atoms with Crippen molar-refractivity contribution < 1.29 is 23.9 Å². The van der Waals surface area contributed by atoms with Gasteiger partial charge in [0.15, 0.2) is 0 Å². The summed E-state index contributed by atoms with van der Waals surface area (Å²) in [4.78, 5) is 37.3. The molecule has 2 aromatic rings. The summed E-state index contributed by atoms with van der Waals surface area (Å²) in [6.45, 7) is 4.83. The number of benzene rings is 1. The number of nitrogens with zero attached hydrogens (tertiary/aromatic N) is 3. The largest absolute Gasteiger partial charge is 0.503 e. The third-order valence-corrected chi connectivity index (χ3v) is 3.67. The number of carbonyl (C=O) groups is 2. The Labute approximate surface area is 162 Å². The molecule has 8 heteroatoms. The molecule has 146 valence electrons. The van der Waals surface area contributed by atoms with Gasteiger partial charge in [-0.05, 0) is 13.8 Å². The van der Waals surface area contributed by atoms with Crippen LogP contribution in [0.1, 0.15) is 35.1 Å². The van der Waals surface area contributed by atoms with Crippen LogP contribution in [0.3, 0.4) is 0 Å². The van der Waals surface area contributed by atoms with E-state index in [1.807, 2.05) is 6.92 Å². The molecule has 8 nitrogen and oxygen atoms in total. The molecule has 0 aliphatic heterocycles. The number of esters is 1. The van der Waals surface area contributed by atoms with E-state index in [2.05, 4.69) is 15.1 Å². The molecule has 2 rings (SSSR count). The van der Waals surface area contributed by atoms with Crippen molar-refractivity contribution in [3.63, 3.8) is 0 Å². The van der Waals surface area contributed by atoms with Gasteiger partial charge in [0, 0.05) is 24.2 Å². The van der Waals surface area contributed by atoms with E-state index >= 15 is 0 Å². The number of hydrogen-bond donors (Lipinski definition) is 0. The van der Waals surface area contributed by atoms with Crippen molar-refractivity contribution in [2.75, 3.05) is 14.2 Å². The molecule has 1 aromatic heterocycles. The highest BCUT2D eigenvalue weighted by molar-refractivity contribution is 6.22. The number of aromatic nitrogens is 2. The maximum Gasteiger partial charge on any atom is 0.341 e. The second-order valence-electron chi connectivity index (χ2n) is 5.77. The molecule has 0 amide bonds. The van der Waals surface area contributed by atoms with Gasteiger partial charge in [-0.2, -0.15) is 0 Å². The zero-order valence-corrected chi connectivity index (χ0v) is 16.3. The van der Waals surface area contributed by atoms with Gasteiger partial charge in [0.1, 0.15) is 17.0 Å². The lowest BCUT2D eigenvalue weighted by atomic mass is 9.95. The molecule has 0 aliphatic carbocycles. The van der Waals surface area contributed by atoms with Crippen molar-refractivity contribution in [1.82, 2.24) is 9.97 Å². The molecule has 28 heavy (non-hydrogen) atoms. The summed E-state index contributed by atoms with van der Waals surface area (Å²) in [5.41, 5.74) is 3.14. The van der Waals surface area contributed by atoms with Crippen LogP contribution in [0.5, 0.6) is 0 Å². The highest BCUT2D eigenvalue weighted by atomic mass is 16.7. The summed E-state index contributed by atoms with van der Waals surface area (Å²) >= 11 is 0. The van der Waals surface area contributed by atoms with Gasteiger partial charge in [0.2, 0.25) is 0 Å². The average Bonchev–Trinajstić information content (AvgIpc) is 2.67. The van der Waals surface area contributed by atoms with Crippen molar-refractivity contribution in [2.45, 2.75) is 20.8 Å². The first kappa shape index (κ1) is 20.8. The van der Waals surface area contributed by atoms with Crippen molar-refractivity contribution in [2.24, 2.45) is 5.16 Å². The molecule has 0 saturated heterocycles. The smallest absolute Gasteiger partial charge is 0.341 e. The van der Waals surface area contributed by atoms with Crippen LogP contribution < -0.4 is 0 Å². The zero-order valence-electron chi connectivity index (χ0n) is 16.3. The van der Waals surface area contributed by atoms with Crippen molar-refractivity contribution >= 4 is 23.2 Å². The third-order valence-electron chi connectivity index (χ3n) is 3.67. The SMILES string of the molecule is COC=C(C(=O)OC)c1ccccc1C(=NOC(C)=O)c1ncc(C)nc1C. The minimum absolute atomic E-state index is 0.175. The van der Waals surface area contributed by atoms with Crippen LogP contribution in [0.15, 0.2) is 41.9 Å². The maximum absolute atomic E-state index is 12.3. The van der Waals surface area contributed by atoms with Gasteiger partial charge >= 0.3 is 11.9 Å². The van der Waals surface area contributed by atoms with Gasteiger partial charge < -0.3 is 14.3 Å². The lowest BCUT2D eigenvalue weighted by molar-refractivity contribution is -0.141. The lowest BCUT2D eigenvalue weighted by Crippen LogP contribution is -2.15. The topological polar surface area (TPSA) is 100.0 Å². The van der Waals surface area contributed by atoms with Gasteiger partial charge in [-0.15, -0.1) is 0 Å². The summed E-state index contributed by atoms with van der Waals surface area (Å²) in [7, 11) is 2.70. The number of aryl methyl sites for hydroxylation is 2. The summed E-state index contributed by atoms with van der Waals surface area (Å²) < 4.78 is 9.90. The van der Waals surface area contributed by atoms with Gasteiger partial charge in [0.25, 0.3) is 0 Å². The Morgan fingerprint density at radius 3 is 2.36 bits per heavy atom. The van der Waals surface area contributed by atoms with E-state index in [0.29, 0.717) is 22.5 Å². The highest BCUT2D eigenvalue weighted by Gasteiger charge is 2.23. The van der Waals surface area contributed by atoms with Crippen LogP contribution in [0.4, 0.5) is 0 Å². The van der Waals surface area contributed by atoms with Gasteiger partial charge in [-0.3, -0.25) is 9.97 Å². The highest BCUT2D eigenvalue weighted by Crippen LogP contribution is 2.24. The van der Waals surface area contributed by atoms with E-state index in [1.54, 1.807) is 37.4 Å². The second kappa shape index (κ2) is 9.40. The standard InChI is InChI=1S/C20H21N3O5/c1-12-10-21-18(13(2)22-12)19(23-28-14(3)24)16-9-7-6-8-15(16)17(11-26-4)20(25)27-5/h6-11H,1-5H3. The average molecular weight is 383 g/mol. The van der Waals surface area contributed by atoms with E-state index in [9.17, 15) is 9.59 Å². The summed E-state index contributed by atoms with van der Waals surface area (Å²) in [6.07, 6.45) is 2.86. The van der Waals surface area contributed by atoms with Crippen LogP contribution in [-0.2, 0) is 23.9 Å². The Bertz CT molecular complexity index is 951. The van der Waals surface area contributed by atoms with Crippen molar-refractivity contribution in [1.29, 1.82) is 0 Å². The van der Waals surface area contributed by atoms with E-state index in [0.717, 1.165) is 5.69 Å². The predicted octanol–water partition coefficient (Wildman–Crippen LogP) is 2.57. The lowest BCUT2D eigenvalue weighted by Gasteiger charge is -2.14. The molecule has 0 fully saturated rings. The molecule has 1 heterocycles.